The number of rotatable bonds is 5. The van der Waals surface area contributed by atoms with Crippen LogP contribution in [-0.2, 0) is 9.84 Å². The summed E-state index contributed by atoms with van der Waals surface area (Å²) < 4.78 is 23.1. The van der Waals surface area contributed by atoms with Gasteiger partial charge in [-0.25, -0.2) is 8.42 Å². The molecule has 1 fully saturated rings. The van der Waals surface area contributed by atoms with E-state index in [1.54, 1.807) is 11.3 Å². The lowest BCUT2D eigenvalue weighted by atomic mass is 9.97. The molecule has 1 aliphatic heterocycles. The molecule has 3 nitrogen and oxygen atoms in total. The van der Waals surface area contributed by atoms with Crippen LogP contribution in [0.1, 0.15) is 30.7 Å². The van der Waals surface area contributed by atoms with Crippen molar-refractivity contribution in [1.29, 1.82) is 0 Å². The molecule has 1 aromatic heterocycles. The molecule has 0 amide bonds. The van der Waals surface area contributed by atoms with Gasteiger partial charge in [-0.1, -0.05) is 13.0 Å². The fourth-order valence-corrected chi connectivity index (χ4v) is 5.09. The van der Waals surface area contributed by atoms with Crippen molar-refractivity contribution in [3.8, 4) is 0 Å². The zero-order valence-electron chi connectivity index (χ0n) is 10.1. The first-order chi connectivity index (χ1) is 8.12. The van der Waals surface area contributed by atoms with Gasteiger partial charge in [0, 0.05) is 10.9 Å². The maximum atomic E-state index is 11.6. The molecule has 1 aliphatic rings. The minimum atomic E-state index is -2.79. The van der Waals surface area contributed by atoms with Crippen molar-refractivity contribution in [3.63, 3.8) is 0 Å². The summed E-state index contributed by atoms with van der Waals surface area (Å²) in [6.45, 7) is 3.07. The Balaban J connectivity index is 2.11. The normalized spacial score (nSPS) is 24.9. The van der Waals surface area contributed by atoms with Crippen LogP contribution in [0.3, 0.4) is 0 Å². The van der Waals surface area contributed by atoms with E-state index >= 15 is 0 Å². The standard InChI is InChI=1S/C12H19NO2S2/c1-2-6-13-12(11-4-3-7-16-11)10-5-8-17(14,15)9-10/h3-4,7,10,12-13H,2,5-6,8-9H2,1H3. The second-order valence-corrected chi connectivity index (χ2v) is 7.82. The number of hydrogen-bond acceptors (Lipinski definition) is 4. The molecule has 0 bridgehead atoms. The maximum absolute atomic E-state index is 11.6. The molecule has 0 saturated carbocycles. The van der Waals surface area contributed by atoms with E-state index in [0.29, 0.717) is 11.5 Å². The summed E-state index contributed by atoms with van der Waals surface area (Å²) in [5.41, 5.74) is 0. The lowest BCUT2D eigenvalue weighted by Gasteiger charge is -2.22. The lowest BCUT2D eigenvalue weighted by molar-refractivity contribution is 0.398. The van der Waals surface area contributed by atoms with Gasteiger partial charge in [-0.05, 0) is 36.8 Å². The SMILES string of the molecule is CCCNC(c1cccs1)C1CCS(=O)(=O)C1. The van der Waals surface area contributed by atoms with Gasteiger partial charge in [0.1, 0.15) is 0 Å². The van der Waals surface area contributed by atoms with Crippen LogP contribution in [0.2, 0.25) is 0 Å². The molecule has 96 valence electrons. The number of nitrogens with one attached hydrogen (secondary N) is 1. The summed E-state index contributed by atoms with van der Waals surface area (Å²) in [6.07, 6.45) is 1.86. The highest BCUT2D eigenvalue weighted by Gasteiger charge is 2.34. The smallest absolute Gasteiger partial charge is 0.150 e. The fraction of sp³-hybridized carbons (Fsp3) is 0.667. The highest BCUT2D eigenvalue weighted by Crippen LogP contribution is 2.33. The molecule has 2 heterocycles. The average molecular weight is 273 g/mol. The Labute approximate surface area is 107 Å². The topological polar surface area (TPSA) is 46.2 Å². The van der Waals surface area contributed by atoms with Gasteiger partial charge in [0.15, 0.2) is 9.84 Å². The highest BCUT2D eigenvalue weighted by atomic mass is 32.2. The molecule has 2 unspecified atom stereocenters. The van der Waals surface area contributed by atoms with Gasteiger partial charge in [0.05, 0.1) is 11.5 Å². The summed E-state index contributed by atoms with van der Waals surface area (Å²) in [5, 5.41) is 5.55. The zero-order chi connectivity index (χ0) is 12.3. The van der Waals surface area contributed by atoms with E-state index in [1.165, 1.54) is 4.88 Å². The van der Waals surface area contributed by atoms with Crippen LogP contribution in [0.25, 0.3) is 0 Å². The lowest BCUT2D eigenvalue weighted by Crippen LogP contribution is -2.29. The monoisotopic (exact) mass is 273 g/mol. The Morgan fingerprint density at radius 2 is 2.41 bits per heavy atom. The minimum Gasteiger partial charge on any atom is -0.309 e. The van der Waals surface area contributed by atoms with E-state index in [-0.39, 0.29) is 12.0 Å². The summed E-state index contributed by atoms with van der Waals surface area (Å²) in [5.74, 6) is 0.935. The second kappa shape index (κ2) is 5.50. The number of hydrogen-bond donors (Lipinski definition) is 1. The van der Waals surface area contributed by atoms with Gasteiger partial charge in [0.25, 0.3) is 0 Å². The van der Waals surface area contributed by atoms with Crippen LogP contribution in [0.15, 0.2) is 17.5 Å². The van der Waals surface area contributed by atoms with Crippen LogP contribution >= 0.6 is 11.3 Å². The molecule has 1 N–H and O–H groups in total. The van der Waals surface area contributed by atoms with Crippen molar-refractivity contribution in [2.45, 2.75) is 25.8 Å². The van der Waals surface area contributed by atoms with Gasteiger partial charge in [-0.15, -0.1) is 11.3 Å². The highest BCUT2D eigenvalue weighted by molar-refractivity contribution is 7.91. The summed E-state index contributed by atoms with van der Waals surface area (Å²) in [4.78, 5) is 1.26. The van der Waals surface area contributed by atoms with Crippen LogP contribution in [0, 0.1) is 5.92 Å². The Kier molecular flexibility index (Phi) is 4.22. The van der Waals surface area contributed by atoms with Crippen molar-refractivity contribution >= 4 is 21.2 Å². The van der Waals surface area contributed by atoms with Crippen molar-refractivity contribution in [2.24, 2.45) is 5.92 Å². The Morgan fingerprint density at radius 3 is 2.94 bits per heavy atom. The molecule has 0 aliphatic carbocycles. The van der Waals surface area contributed by atoms with Crippen molar-refractivity contribution in [2.75, 3.05) is 18.1 Å². The first kappa shape index (κ1) is 13.1. The summed E-state index contributed by atoms with van der Waals surface area (Å²) in [7, 11) is -2.79. The first-order valence-electron chi connectivity index (χ1n) is 6.09. The van der Waals surface area contributed by atoms with Gasteiger partial charge in [0.2, 0.25) is 0 Å². The molecule has 0 spiro atoms. The summed E-state index contributed by atoms with van der Waals surface area (Å²) in [6, 6.07) is 4.35. The first-order valence-corrected chi connectivity index (χ1v) is 8.79. The third kappa shape index (κ3) is 3.30. The molecular weight excluding hydrogens is 254 g/mol. The van der Waals surface area contributed by atoms with Crippen LogP contribution in [0.4, 0.5) is 0 Å². The molecule has 2 rings (SSSR count). The van der Waals surface area contributed by atoms with Crippen molar-refractivity contribution < 1.29 is 8.42 Å². The maximum Gasteiger partial charge on any atom is 0.150 e. The molecule has 0 aromatic carbocycles. The van der Waals surface area contributed by atoms with Crippen molar-refractivity contribution in [3.05, 3.63) is 22.4 Å². The van der Waals surface area contributed by atoms with E-state index in [9.17, 15) is 8.42 Å². The largest absolute Gasteiger partial charge is 0.309 e. The van der Waals surface area contributed by atoms with Gasteiger partial charge < -0.3 is 5.32 Å². The predicted molar refractivity (Wildman–Crippen MR) is 72.1 cm³/mol. The number of thiophene rings is 1. The predicted octanol–water partition coefficient (Wildman–Crippen LogP) is 2.22. The Morgan fingerprint density at radius 1 is 1.59 bits per heavy atom. The van der Waals surface area contributed by atoms with E-state index in [0.717, 1.165) is 19.4 Å². The van der Waals surface area contributed by atoms with Crippen LogP contribution in [-0.4, -0.2) is 26.5 Å². The van der Waals surface area contributed by atoms with Gasteiger partial charge in [-0.2, -0.15) is 0 Å². The van der Waals surface area contributed by atoms with Gasteiger partial charge in [-0.3, -0.25) is 0 Å². The number of sulfone groups is 1. The van der Waals surface area contributed by atoms with Crippen molar-refractivity contribution in [1.82, 2.24) is 5.32 Å². The van der Waals surface area contributed by atoms with E-state index in [2.05, 4.69) is 23.7 Å². The minimum absolute atomic E-state index is 0.215. The van der Waals surface area contributed by atoms with E-state index in [4.69, 9.17) is 0 Å². The molecule has 1 aromatic rings. The Hall–Kier alpha value is -0.390. The van der Waals surface area contributed by atoms with Crippen LogP contribution < -0.4 is 5.32 Å². The molecule has 1 saturated heterocycles. The third-order valence-corrected chi connectivity index (χ3v) is 5.95. The average Bonchev–Trinajstić information content (AvgIpc) is 2.89. The summed E-state index contributed by atoms with van der Waals surface area (Å²) >= 11 is 1.71. The molecule has 0 radical (unpaired) electrons. The van der Waals surface area contributed by atoms with E-state index < -0.39 is 9.84 Å². The second-order valence-electron chi connectivity index (χ2n) is 4.61. The van der Waals surface area contributed by atoms with Crippen LogP contribution in [0.5, 0.6) is 0 Å². The third-order valence-electron chi connectivity index (χ3n) is 3.20. The molecule has 5 heteroatoms. The zero-order valence-corrected chi connectivity index (χ0v) is 11.7. The molecular formula is C12H19NO2S2. The van der Waals surface area contributed by atoms with E-state index in [1.807, 2.05) is 6.07 Å². The molecule has 2 atom stereocenters. The van der Waals surface area contributed by atoms with Gasteiger partial charge >= 0.3 is 0 Å². The molecule has 17 heavy (non-hydrogen) atoms. The Bertz CT molecular complexity index is 439. The fourth-order valence-electron chi connectivity index (χ4n) is 2.35. The quantitative estimate of drug-likeness (QED) is 0.895.